The van der Waals surface area contributed by atoms with Crippen LogP contribution in [0.15, 0.2) is 55.0 Å². The van der Waals surface area contributed by atoms with Gasteiger partial charge >= 0.3 is 6.18 Å². The second-order valence-corrected chi connectivity index (χ2v) is 5.41. The van der Waals surface area contributed by atoms with Gasteiger partial charge in [-0.1, -0.05) is 12.1 Å². The number of alkyl halides is 3. The third-order valence-electron chi connectivity index (χ3n) is 3.66. The van der Waals surface area contributed by atoms with E-state index in [4.69, 9.17) is 0 Å². The van der Waals surface area contributed by atoms with Crippen molar-refractivity contribution in [2.24, 2.45) is 0 Å². The molecule has 25 heavy (non-hydrogen) atoms. The fourth-order valence-corrected chi connectivity index (χ4v) is 2.45. The molecule has 0 atom stereocenters. The van der Waals surface area contributed by atoms with E-state index in [1.165, 1.54) is 30.6 Å². The first-order valence-corrected chi connectivity index (χ1v) is 7.25. The van der Waals surface area contributed by atoms with Crippen LogP contribution in [-0.2, 0) is 12.7 Å². The molecule has 2 aromatic heterocycles. The van der Waals surface area contributed by atoms with Gasteiger partial charge in [0, 0.05) is 24.2 Å². The van der Waals surface area contributed by atoms with Crippen molar-refractivity contribution in [3.8, 4) is 17.2 Å². The molecule has 0 amide bonds. The SMILES string of the molecule is N#Cc1cnc(Cn2ccc(F)c2)cc1-c1ccc(C(F)(F)F)cc1. The van der Waals surface area contributed by atoms with Gasteiger partial charge < -0.3 is 4.57 Å². The summed E-state index contributed by atoms with van der Waals surface area (Å²) in [7, 11) is 0. The molecule has 2 heterocycles. The maximum absolute atomic E-state index is 13.1. The number of benzene rings is 1. The van der Waals surface area contributed by atoms with E-state index in [1.54, 1.807) is 16.8 Å². The van der Waals surface area contributed by atoms with Crippen molar-refractivity contribution in [1.29, 1.82) is 5.26 Å². The Balaban J connectivity index is 1.96. The third-order valence-corrected chi connectivity index (χ3v) is 3.66. The van der Waals surface area contributed by atoms with E-state index in [2.05, 4.69) is 4.98 Å². The summed E-state index contributed by atoms with van der Waals surface area (Å²) in [4.78, 5) is 4.15. The molecule has 0 spiro atoms. The van der Waals surface area contributed by atoms with Crippen LogP contribution >= 0.6 is 0 Å². The van der Waals surface area contributed by atoms with Crippen LogP contribution in [0.2, 0.25) is 0 Å². The van der Waals surface area contributed by atoms with E-state index in [9.17, 15) is 22.8 Å². The molecule has 3 nitrogen and oxygen atoms in total. The quantitative estimate of drug-likeness (QED) is 0.650. The lowest BCUT2D eigenvalue weighted by Crippen LogP contribution is -2.04. The molecule has 0 bridgehead atoms. The number of rotatable bonds is 3. The van der Waals surface area contributed by atoms with E-state index >= 15 is 0 Å². The molecule has 0 unspecified atom stereocenters. The number of aromatic nitrogens is 2. The highest BCUT2D eigenvalue weighted by Gasteiger charge is 2.30. The zero-order valence-electron chi connectivity index (χ0n) is 12.8. The molecular formula is C18H11F4N3. The molecule has 3 rings (SSSR count). The maximum Gasteiger partial charge on any atom is 0.416 e. The molecule has 0 aliphatic carbocycles. The summed E-state index contributed by atoms with van der Waals surface area (Å²) in [6.07, 6.45) is -0.203. The average molecular weight is 345 g/mol. The molecule has 0 saturated carbocycles. The zero-order chi connectivity index (χ0) is 18.0. The number of hydrogen-bond acceptors (Lipinski definition) is 2. The van der Waals surface area contributed by atoms with Crippen LogP contribution in [0.5, 0.6) is 0 Å². The minimum absolute atomic E-state index is 0.252. The van der Waals surface area contributed by atoms with Crippen molar-refractivity contribution in [3.63, 3.8) is 0 Å². The van der Waals surface area contributed by atoms with Crippen LogP contribution in [0, 0.1) is 17.1 Å². The van der Waals surface area contributed by atoms with Crippen molar-refractivity contribution in [1.82, 2.24) is 9.55 Å². The highest BCUT2D eigenvalue weighted by molar-refractivity contribution is 5.70. The molecular weight excluding hydrogens is 334 g/mol. The topological polar surface area (TPSA) is 41.6 Å². The molecule has 0 N–H and O–H groups in total. The van der Waals surface area contributed by atoms with E-state index in [0.29, 0.717) is 16.8 Å². The average Bonchev–Trinajstić information content (AvgIpc) is 2.99. The van der Waals surface area contributed by atoms with Gasteiger partial charge in [0.05, 0.1) is 23.4 Å². The van der Waals surface area contributed by atoms with Crippen molar-refractivity contribution >= 4 is 0 Å². The summed E-state index contributed by atoms with van der Waals surface area (Å²) >= 11 is 0. The Kier molecular flexibility index (Phi) is 4.28. The fourth-order valence-electron chi connectivity index (χ4n) is 2.45. The Morgan fingerprint density at radius 1 is 1.12 bits per heavy atom. The van der Waals surface area contributed by atoms with Gasteiger partial charge in [0.2, 0.25) is 0 Å². The fraction of sp³-hybridized carbons (Fsp3) is 0.111. The number of nitrogens with zero attached hydrogens (tertiary/aromatic N) is 3. The van der Waals surface area contributed by atoms with Crippen LogP contribution in [0.3, 0.4) is 0 Å². The van der Waals surface area contributed by atoms with Crippen LogP contribution in [0.4, 0.5) is 17.6 Å². The van der Waals surface area contributed by atoms with Crippen LogP contribution < -0.4 is 0 Å². The molecule has 7 heteroatoms. The summed E-state index contributed by atoms with van der Waals surface area (Å²) < 4.78 is 52.7. The van der Waals surface area contributed by atoms with Gasteiger partial charge in [0.15, 0.2) is 0 Å². The van der Waals surface area contributed by atoms with Gasteiger partial charge in [-0.3, -0.25) is 4.98 Å². The van der Waals surface area contributed by atoms with Crippen molar-refractivity contribution < 1.29 is 17.6 Å². The first kappa shape index (κ1) is 16.7. The summed E-state index contributed by atoms with van der Waals surface area (Å²) in [5.74, 6) is -0.378. The Morgan fingerprint density at radius 3 is 2.40 bits per heavy atom. The number of hydrogen-bond donors (Lipinski definition) is 0. The summed E-state index contributed by atoms with van der Waals surface area (Å²) in [6.45, 7) is 0.281. The monoisotopic (exact) mass is 345 g/mol. The number of nitriles is 1. The smallest absolute Gasteiger partial charge is 0.345 e. The summed E-state index contributed by atoms with van der Waals surface area (Å²) in [6, 6.07) is 9.49. The first-order chi connectivity index (χ1) is 11.9. The predicted molar refractivity (Wildman–Crippen MR) is 82.9 cm³/mol. The molecule has 126 valence electrons. The standard InChI is InChI=1S/C18H11F4N3/c19-15-5-6-25(10-15)11-16-7-17(13(8-23)9-24-16)12-1-3-14(4-2-12)18(20,21)22/h1-7,9-10H,11H2. The second kappa shape index (κ2) is 6.40. The lowest BCUT2D eigenvalue weighted by molar-refractivity contribution is -0.137. The van der Waals surface area contributed by atoms with Crippen molar-refractivity contribution in [2.75, 3.05) is 0 Å². The molecule has 3 aromatic rings. The summed E-state index contributed by atoms with van der Waals surface area (Å²) in [5, 5.41) is 9.22. The van der Waals surface area contributed by atoms with E-state index < -0.39 is 11.7 Å². The minimum Gasteiger partial charge on any atom is -0.345 e. The van der Waals surface area contributed by atoms with Crippen LogP contribution in [0.1, 0.15) is 16.8 Å². The Hall–Kier alpha value is -3.14. The van der Waals surface area contributed by atoms with Gasteiger partial charge in [-0.05, 0) is 29.8 Å². The van der Waals surface area contributed by atoms with Crippen molar-refractivity contribution in [2.45, 2.75) is 12.7 Å². The van der Waals surface area contributed by atoms with Gasteiger partial charge in [-0.15, -0.1) is 0 Å². The van der Waals surface area contributed by atoms with Crippen LogP contribution in [-0.4, -0.2) is 9.55 Å². The van der Waals surface area contributed by atoms with Gasteiger partial charge in [-0.2, -0.15) is 18.4 Å². The molecule has 1 aromatic carbocycles. The van der Waals surface area contributed by atoms with E-state index in [1.807, 2.05) is 6.07 Å². The molecule has 0 saturated heterocycles. The van der Waals surface area contributed by atoms with Gasteiger partial charge in [-0.25, -0.2) is 4.39 Å². The molecule has 0 aliphatic rings. The van der Waals surface area contributed by atoms with E-state index in [0.717, 1.165) is 12.1 Å². The lowest BCUT2D eigenvalue weighted by atomic mass is 10.00. The Bertz CT molecular complexity index is 934. The minimum atomic E-state index is -4.42. The molecule has 0 radical (unpaired) electrons. The second-order valence-electron chi connectivity index (χ2n) is 5.41. The highest BCUT2D eigenvalue weighted by atomic mass is 19.4. The summed E-state index contributed by atoms with van der Waals surface area (Å²) in [5.41, 5.74) is 1.01. The third kappa shape index (κ3) is 3.69. The molecule has 0 fully saturated rings. The Morgan fingerprint density at radius 2 is 1.84 bits per heavy atom. The predicted octanol–water partition coefficient (Wildman–Crippen LogP) is 4.63. The Labute approximate surface area is 140 Å². The normalized spacial score (nSPS) is 11.3. The number of pyridine rings is 1. The maximum atomic E-state index is 13.1. The van der Waals surface area contributed by atoms with Gasteiger partial charge in [0.1, 0.15) is 11.9 Å². The first-order valence-electron chi connectivity index (χ1n) is 7.25. The van der Waals surface area contributed by atoms with Crippen molar-refractivity contribution in [3.05, 3.63) is 77.6 Å². The zero-order valence-corrected chi connectivity index (χ0v) is 12.8. The lowest BCUT2D eigenvalue weighted by Gasteiger charge is -2.10. The largest absolute Gasteiger partial charge is 0.416 e. The molecule has 0 aliphatic heterocycles. The number of halogens is 4. The van der Waals surface area contributed by atoms with Crippen LogP contribution in [0.25, 0.3) is 11.1 Å². The van der Waals surface area contributed by atoms with E-state index in [-0.39, 0.29) is 17.9 Å². The van der Waals surface area contributed by atoms with Gasteiger partial charge in [0.25, 0.3) is 0 Å². The highest BCUT2D eigenvalue weighted by Crippen LogP contribution is 2.31.